The number of H-pyrrole nitrogens is 1. The van der Waals surface area contributed by atoms with Crippen LogP contribution < -0.4 is 4.74 Å². The smallest absolute Gasteiger partial charge is 0.219 e. The topological polar surface area (TPSA) is 88.6 Å². The summed E-state index contributed by atoms with van der Waals surface area (Å²) in [4.78, 5) is 0. The number of hydrogen-bond donors (Lipinski definition) is 2. The Morgan fingerprint density at radius 1 is 1.48 bits per heavy atom. The number of aromatic nitrogens is 3. The molecular weight excluding hydrogens is 340 g/mol. The minimum Gasteiger partial charge on any atom is -0.503 e. The van der Waals surface area contributed by atoms with Gasteiger partial charge in [0.2, 0.25) is 10.6 Å². The Bertz CT molecular complexity index is 915. The van der Waals surface area contributed by atoms with Crippen molar-refractivity contribution < 1.29 is 14.3 Å². The minimum atomic E-state index is -0.153. The molecule has 2 N–H and O–H groups in total. The first-order valence-corrected chi connectivity index (χ1v) is 7.21. The van der Waals surface area contributed by atoms with Crippen LogP contribution in [0.4, 0.5) is 0 Å². The molecule has 0 spiro atoms. The highest BCUT2D eigenvalue weighted by molar-refractivity contribution is 7.71. The molecule has 0 saturated heterocycles. The van der Waals surface area contributed by atoms with E-state index >= 15 is 0 Å². The number of phenolic OH excluding ortho intramolecular Hbond substituents is 1. The first-order chi connectivity index (χ1) is 11.1. The number of aromatic hydroxyl groups is 1. The lowest BCUT2D eigenvalue weighted by atomic mass is 10.2. The predicted molar refractivity (Wildman–Crippen MR) is 87.8 cm³/mol. The fourth-order valence-corrected chi connectivity index (χ4v) is 2.30. The van der Waals surface area contributed by atoms with E-state index in [0.717, 1.165) is 0 Å². The van der Waals surface area contributed by atoms with Crippen LogP contribution in [0.25, 0.3) is 11.6 Å². The summed E-state index contributed by atoms with van der Waals surface area (Å²) in [6.07, 6.45) is 2.98. The van der Waals surface area contributed by atoms with Crippen molar-refractivity contribution in [2.75, 3.05) is 7.11 Å². The van der Waals surface area contributed by atoms with Crippen LogP contribution in [0.15, 0.2) is 40.0 Å². The number of phenols is 1. The average Bonchev–Trinajstić information content (AvgIpc) is 3.19. The number of halogens is 1. The summed E-state index contributed by atoms with van der Waals surface area (Å²) in [5.41, 5.74) is 0.499. The van der Waals surface area contributed by atoms with E-state index in [2.05, 4.69) is 15.3 Å². The van der Waals surface area contributed by atoms with Crippen molar-refractivity contribution in [3.63, 3.8) is 0 Å². The van der Waals surface area contributed by atoms with Crippen LogP contribution >= 0.6 is 23.8 Å². The lowest BCUT2D eigenvalue weighted by molar-refractivity contribution is 0.373. The van der Waals surface area contributed by atoms with E-state index in [-0.39, 0.29) is 16.5 Å². The van der Waals surface area contributed by atoms with Crippen molar-refractivity contribution in [2.24, 2.45) is 5.10 Å². The summed E-state index contributed by atoms with van der Waals surface area (Å²) in [5.74, 6) is 1.06. The second kappa shape index (κ2) is 6.27. The van der Waals surface area contributed by atoms with E-state index in [1.54, 1.807) is 24.3 Å². The summed E-state index contributed by atoms with van der Waals surface area (Å²) < 4.78 is 12.0. The van der Waals surface area contributed by atoms with Gasteiger partial charge < -0.3 is 14.3 Å². The molecular formula is C14H11ClN4O3S. The number of aromatic amines is 1. The van der Waals surface area contributed by atoms with Crippen molar-refractivity contribution in [1.82, 2.24) is 14.9 Å². The van der Waals surface area contributed by atoms with Crippen molar-refractivity contribution in [1.29, 1.82) is 0 Å². The highest BCUT2D eigenvalue weighted by Crippen LogP contribution is 2.35. The fourth-order valence-electron chi connectivity index (χ4n) is 1.91. The molecule has 0 fully saturated rings. The van der Waals surface area contributed by atoms with Crippen LogP contribution in [0, 0.1) is 4.77 Å². The molecule has 0 bridgehead atoms. The molecule has 2 aromatic heterocycles. The molecule has 0 aliphatic carbocycles. The van der Waals surface area contributed by atoms with Gasteiger partial charge in [-0.3, -0.25) is 0 Å². The first-order valence-electron chi connectivity index (χ1n) is 6.43. The maximum absolute atomic E-state index is 9.92. The zero-order valence-corrected chi connectivity index (χ0v) is 13.4. The monoisotopic (exact) mass is 350 g/mol. The molecule has 118 valence electrons. The van der Waals surface area contributed by atoms with E-state index in [1.807, 2.05) is 0 Å². The Morgan fingerprint density at radius 2 is 2.30 bits per heavy atom. The SMILES string of the molecule is COc1ccc(/C=N\n2c(-c3ccco3)n[nH]c2=S)c(Cl)c1O. The Balaban J connectivity index is 2.00. The zero-order valence-electron chi connectivity index (χ0n) is 11.9. The molecule has 9 heteroatoms. The fraction of sp³-hybridized carbons (Fsp3) is 0.0714. The van der Waals surface area contributed by atoms with Crippen LogP contribution in [-0.2, 0) is 0 Å². The maximum atomic E-state index is 9.92. The molecule has 1 aromatic carbocycles. The number of methoxy groups -OCH3 is 1. The van der Waals surface area contributed by atoms with Crippen molar-refractivity contribution in [2.45, 2.75) is 0 Å². The van der Waals surface area contributed by atoms with E-state index in [9.17, 15) is 5.11 Å². The molecule has 0 amide bonds. The molecule has 0 unspecified atom stereocenters. The Kier molecular flexibility index (Phi) is 4.18. The Morgan fingerprint density at radius 3 is 3.00 bits per heavy atom. The van der Waals surface area contributed by atoms with Crippen LogP contribution in [0.3, 0.4) is 0 Å². The third-order valence-electron chi connectivity index (χ3n) is 3.03. The third kappa shape index (κ3) is 2.86. The van der Waals surface area contributed by atoms with Gasteiger partial charge in [-0.2, -0.15) is 9.78 Å². The minimum absolute atomic E-state index is 0.127. The number of nitrogens with one attached hydrogen (secondary N) is 1. The van der Waals surface area contributed by atoms with Crippen molar-refractivity contribution in [3.05, 3.63) is 45.9 Å². The Labute approximate surface area is 140 Å². The van der Waals surface area contributed by atoms with E-state index < -0.39 is 0 Å². The number of ether oxygens (including phenoxy) is 1. The largest absolute Gasteiger partial charge is 0.503 e. The number of hydrogen-bond acceptors (Lipinski definition) is 6. The maximum Gasteiger partial charge on any atom is 0.219 e. The molecule has 23 heavy (non-hydrogen) atoms. The van der Waals surface area contributed by atoms with Crippen LogP contribution in [0.2, 0.25) is 5.02 Å². The quantitative estimate of drug-likeness (QED) is 0.555. The lowest BCUT2D eigenvalue weighted by Gasteiger charge is -2.06. The van der Waals surface area contributed by atoms with E-state index in [4.69, 9.17) is 33.0 Å². The molecule has 0 aliphatic rings. The average molecular weight is 351 g/mol. The van der Waals surface area contributed by atoms with Crippen molar-refractivity contribution in [3.8, 4) is 23.1 Å². The summed E-state index contributed by atoms with van der Waals surface area (Å²) in [6, 6.07) is 6.73. The predicted octanol–water partition coefficient (Wildman–Crippen LogP) is 3.45. The molecule has 3 rings (SSSR count). The van der Waals surface area contributed by atoms with Crippen molar-refractivity contribution >= 4 is 30.0 Å². The number of furan rings is 1. The highest BCUT2D eigenvalue weighted by Gasteiger charge is 2.12. The van der Waals surface area contributed by atoms with E-state index in [1.165, 1.54) is 24.3 Å². The lowest BCUT2D eigenvalue weighted by Crippen LogP contribution is -1.95. The zero-order chi connectivity index (χ0) is 16.4. The molecule has 3 aromatic rings. The summed E-state index contributed by atoms with van der Waals surface area (Å²) in [7, 11) is 1.44. The van der Waals surface area contributed by atoms with Gasteiger partial charge in [-0.15, -0.1) is 5.10 Å². The van der Waals surface area contributed by atoms with Crippen LogP contribution in [0.1, 0.15) is 5.56 Å². The van der Waals surface area contributed by atoms with Gasteiger partial charge in [0.1, 0.15) is 0 Å². The third-order valence-corrected chi connectivity index (χ3v) is 3.69. The molecule has 0 aliphatic heterocycles. The van der Waals surface area contributed by atoms with Gasteiger partial charge >= 0.3 is 0 Å². The molecule has 7 nitrogen and oxygen atoms in total. The van der Waals surface area contributed by atoms with Gasteiger partial charge in [-0.25, -0.2) is 5.10 Å². The number of benzene rings is 1. The Hall–Kier alpha value is -2.58. The first kappa shape index (κ1) is 15.3. The summed E-state index contributed by atoms with van der Waals surface area (Å²) in [6.45, 7) is 0. The molecule has 0 saturated carbocycles. The second-order valence-electron chi connectivity index (χ2n) is 4.41. The highest BCUT2D eigenvalue weighted by atomic mass is 35.5. The summed E-state index contributed by atoms with van der Waals surface area (Å²) in [5, 5.41) is 21.0. The van der Waals surface area contributed by atoms with Crippen LogP contribution in [-0.4, -0.2) is 33.3 Å². The number of nitrogens with zero attached hydrogens (tertiary/aromatic N) is 3. The van der Waals surface area contributed by atoms with Gasteiger partial charge in [-0.05, 0) is 36.5 Å². The normalized spacial score (nSPS) is 11.2. The van der Waals surface area contributed by atoms with Gasteiger partial charge in [0.25, 0.3) is 0 Å². The van der Waals surface area contributed by atoms with Gasteiger partial charge in [0.15, 0.2) is 17.3 Å². The summed E-state index contributed by atoms with van der Waals surface area (Å²) >= 11 is 11.2. The standard InChI is InChI=1S/C14H11ClN4O3S/c1-21-9-5-4-8(11(15)12(9)20)7-16-19-13(17-18-14(19)23)10-3-2-6-22-10/h2-7,20H,1H3,(H,18,23)/b16-7-. The van der Waals surface area contributed by atoms with Gasteiger partial charge in [-0.1, -0.05) is 11.6 Å². The molecule has 0 radical (unpaired) electrons. The van der Waals surface area contributed by atoms with Gasteiger partial charge in [0.05, 0.1) is 24.6 Å². The second-order valence-corrected chi connectivity index (χ2v) is 5.17. The number of rotatable bonds is 4. The molecule has 0 atom stereocenters. The van der Waals surface area contributed by atoms with Gasteiger partial charge in [0, 0.05) is 5.56 Å². The van der Waals surface area contributed by atoms with E-state index in [0.29, 0.717) is 21.9 Å². The van der Waals surface area contributed by atoms with Crippen LogP contribution in [0.5, 0.6) is 11.5 Å². The molecule has 2 heterocycles.